The number of hydrogen-bond acceptors (Lipinski definition) is 7. The van der Waals surface area contributed by atoms with E-state index in [0.29, 0.717) is 43.5 Å². The van der Waals surface area contributed by atoms with Gasteiger partial charge < -0.3 is 20.1 Å². The van der Waals surface area contributed by atoms with Gasteiger partial charge in [-0.1, -0.05) is 0 Å². The minimum atomic E-state index is -1.03. The molecule has 9 heteroatoms. The monoisotopic (exact) mass is 357 g/mol. The van der Waals surface area contributed by atoms with Crippen LogP contribution in [0.25, 0.3) is 11.4 Å². The number of carbonyl (C=O) groups excluding carboxylic acids is 1. The van der Waals surface area contributed by atoms with Crippen molar-refractivity contribution in [2.24, 2.45) is 0 Å². The van der Waals surface area contributed by atoms with Gasteiger partial charge in [-0.3, -0.25) is 9.78 Å². The molecule has 9 nitrogen and oxygen atoms in total. The van der Waals surface area contributed by atoms with Crippen LogP contribution >= 0.6 is 0 Å². The summed E-state index contributed by atoms with van der Waals surface area (Å²) in [6, 6.07) is 4.45. The maximum Gasteiger partial charge on any atom is 0.335 e. The van der Waals surface area contributed by atoms with E-state index < -0.39 is 5.97 Å². The van der Waals surface area contributed by atoms with Gasteiger partial charge >= 0.3 is 5.97 Å². The van der Waals surface area contributed by atoms with Crippen LogP contribution in [0.5, 0.6) is 0 Å². The highest BCUT2D eigenvalue weighted by Gasteiger charge is 2.29. The van der Waals surface area contributed by atoms with Crippen molar-refractivity contribution in [3.8, 4) is 11.4 Å². The Labute approximate surface area is 150 Å². The Morgan fingerprint density at radius 1 is 1.35 bits per heavy atom. The van der Waals surface area contributed by atoms with E-state index in [2.05, 4.69) is 20.3 Å². The molecule has 1 fully saturated rings. The fraction of sp³-hybridized carbons (Fsp3) is 0.353. The Kier molecular flexibility index (Phi) is 5.37. The number of methoxy groups -OCH3 is 1. The van der Waals surface area contributed by atoms with Crippen molar-refractivity contribution in [3.63, 3.8) is 0 Å². The van der Waals surface area contributed by atoms with E-state index in [0.717, 1.165) is 0 Å². The number of aromatic nitrogens is 3. The zero-order chi connectivity index (χ0) is 18.5. The van der Waals surface area contributed by atoms with E-state index in [-0.39, 0.29) is 17.5 Å². The molecule has 2 aromatic heterocycles. The van der Waals surface area contributed by atoms with Gasteiger partial charge in [0.1, 0.15) is 0 Å². The molecule has 2 N–H and O–H groups in total. The zero-order valence-corrected chi connectivity index (χ0v) is 14.3. The van der Waals surface area contributed by atoms with E-state index in [4.69, 9.17) is 9.84 Å². The summed E-state index contributed by atoms with van der Waals surface area (Å²) in [5, 5.41) is 12.2. The number of anilines is 1. The predicted octanol–water partition coefficient (Wildman–Crippen LogP) is 0.896. The summed E-state index contributed by atoms with van der Waals surface area (Å²) in [5.41, 5.74) is 1.09. The van der Waals surface area contributed by atoms with Gasteiger partial charge in [-0.25, -0.2) is 14.8 Å². The lowest BCUT2D eigenvalue weighted by Crippen LogP contribution is -2.31. The summed E-state index contributed by atoms with van der Waals surface area (Å²) in [5.74, 6) is -0.593. The SMILES string of the molecule is COCCN1C[C@@H](Nc2nccc(-c3cc(C(=O)O)ccn3)n2)CC1=O. The zero-order valence-electron chi connectivity index (χ0n) is 14.3. The number of aromatic carboxylic acids is 1. The molecule has 2 aromatic rings. The normalized spacial score (nSPS) is 16.7. The highest BCUT2D eigenvalue weighted by atomic mass is 16.5. The second-order valence-corrected chi connectivity index (χ2v) is 5.88. The van der Waals surface area contributed by atoms with Crippen LogP contribution in [-0.4, -0.2) is 69.7 Å². The molecule has 1 aliphatic heterocycles. The third-order valence-electron chi connectivity index (χ3n) is 4.04. The topological polar surface area (TPSA) is 118 Å². The quantitative estimate of drug-likeness (QED) is 0.750. The van der Waals surface area contributed by atoms with Gasteiger partial charge in [0.15, 0.2) is 0 Å². The van der Waals surface area contributed by atoms with Crippen molar-refractivity contribution in [2.75, 3.05) is 32.1 Å². The second-order valence-electron chi connectivity index (χ2n) is 5.88. The highest BCUT2D eigenvalue weighted by molar-refractivity contribution is 5.88. The molecule has 1 aliphatic rings. The lowest BCUT2D eigenvalue weighted by atomic mass is 10.2. The maximum absolute atomic E-state index is 12.0. The molecule has 0 radical (unpaired) electrons. The minimum absolute atomic E-state index is 0.0616. The van der Waals surface area contributed by atoms with E-state index in [9.17, 15) is 9.59 Å². The molecule has 136 valence electrons. The van der Waals surface area contributed by atoms with Crippen LogP contribution < -0.4 is 5.32 Å². The molecule has 3 rings (SSSR count). The molecule has 0 aliphatic carbocycles. The first-order valence-corrected chi connectivity index (χ1v) is 8.13. The summed E-state index contributed by atoms with van der Waals surface area (Å²) < 4.78 is 5.01. The Morgan fingerprint density at radius 3 is 2.92 bits per heavy atom. The second kappa shape index (κ2) is 7.87. The number of pyridine rings is 1. The third kappa shape index (κ3) is 4.12. The summed E-state index contributed by atoms with van der Waals surface area (Å²) in [6.07, 6.45) is 3.36. The number of nitrogens with one attached hydrogen (secondary N) is 1. The molecule has 0 bridgehead atoms. The smallest absolute Gasteiger partial charge is 0.335 e. The maximum atomic E-state index is 12.0. The predicted molar refractivity (Wildman–Crippen MR) is 92.7 cm³/mol. The van der Waals surface area contributed by atoms with Gasteiger partial charge in [-0.05, 0) is 18.2 Å². The van der Waals surface area contributed by atoms with Gasteiger partial charge in [0, 0.05) is 39.0 Å². The molecule has 0 unspecified atom stereocenters. The largest absolute Gasteiger partial charge is 0.478 e. The number of nitrogens with zero attached hydrogens (tertiary/aromatic N) is 4. The number of ether oxygens (including phenoxy) is 1. The van der Waals surface area contributed by atoms with Crippen molar-refractivity contribution in [3.05, 3.63) is 36.2 Å². The molecule has 0 saturated carbocycles. The first kappa shape index (κ1) is 17.7. The minimum Gasteiger partial charge on any atom is -0.478 e. The molecule has 0 spiro atoms. The molecule has 1 saturated heterocycles. The Morgan fingerprint density at radius 2 is 2.15 bits per heavy atom. The number of likely N-dealkylation sites (tertiary alicyclic amines) is 1. The van der Waals surface area contributed by atoms with Crippen LogP contribution in [0.15, 0.2) is 30.6 Å². The van der Waals surface area contributed by atoms with Gasteiger partial charge in [0.2, 0.25) is 11.9 Å². The number of rotatable bonds is 7. The Hall–Kier alpha value is -3.07. The fourth-order valence-corrected chi connectivity index (χ4v) is 2.74. The fourth-order valence-electron chi connectivity index (χ4n) is 2.74. The summed E-state index contributed by atoms with van der Waals surface area (Å²) in [7, 11) is 1.60. The number of carboxylic acid groups (broad SMARTS) is 1. The number of carbonyl (C=O) groups is 2. The summed E-state index contributed by atoms with van der Waals surface area (Å²) in [6.45, 7) is 1.61. The van der Waals surface area contributed by atoms with E-state index in [1.165, 1.54) is 18.3 Å². The molecular weight excluding hydrogens is 338 g/mol. The van der Waals surface area contributed by atoms with Gasteiger partial charge in [0.05, 0.1) is 29.6 Å². The van der Waals surface area contributed by atoms with Gasteiger partial charge in [-0.2, -0.15) is 0 Å². The third-order valence-corrected chi connectivity index (χ3v) is 4.04. The van der Waals surface area contributed by atoms with Crippen molar-refractivity contribution >= 4 is 17.8 Å². The molecular formula is C17H19N5O4. The molecule has 3 heterocycles. The van der Waals surface area contributed by atoms with E-state index in [1.54, 1.807) is 24.3 Å². The van der Waals surface area contributed by atoms with Crippen LogP contribution in [-0.2, 0) is 9.53 Å². The average Bonchev–Trinajstić information content (AvgIpc) is 2.99. The van der Waals surface area contributed by atoms with E-state index in [1.807, 2.05) is 0 Å². The van der Waals surface area contributed by atoms with Crippen LogP contribution in [0.3, 0.4) is 0 Å². The van der Waals surface area contributed by atoms with Crippen molar-refractivity contribution < 1.29 is 19.4 Å². The highest BCUT2D eigenvalue weighted by Crippen LogP contribution is 2.19. The molecule has 26 heavy (non-hydrogen) atoms. The molecule has 0 aromatic carbocycles. The molecule has 1 amide bonds. The van der Waals surface area contributed by atoms with E-state index >= 15 is 0 Å². The standard InChI is InChI=1S/C17H19N5O4/c1-26-7-6-22-10-12(9-15(22)23)20-17-19-5-3-13(21-17)14-8-11(16(24)25)2-4-18-14/h2-5,8,12H,6-7,9-10H2,1H3,(H,24,25)(H,19,20,21)/t12-/m0/s1. The van der Waals surface area contributed by atoms with Crippen LogP contribution in [0.4, 0.5) is 5.95 Å². The molecule has 1 atom stereocenters. The van der Waals surface area contributed by atoms with Crippen LogP contribution in [0, 0.1) is 0 Å². The summed E-state index contributed by atoms with van der Waals surface area (Å²) in [4.78, 5) is 37.6. The number of carboxylic acids is 1. The van der Waals surface area contributed by atoms with Gasteiger partial charge in [0.25, 0.3) is 0 Å². The van der Waals surface area contributed by atoms with Crippen molar-refractivity contribution in [1.29, 1.82) is 0 Å². The number of hydrogen-bond donors (Lipinski definition) is 2. The first-order valence-electron chi connectivity index (χ1n) is 8.13. The van der Waals surface area contributed by atoms with Crippen LogP contribution in [0.2, 0.25) is 0 Å². The Bertz CT molecular complexity index is 813. The lowest BCUT2D eigenvalue weighted by Gasteiger charge is -2.16. The lowest BCUT2D eigenvalue weighted by molar-refractivity contribution is -0.128. The van der Waals surface area contributed by atoms with Crippen molar-refractivity contribution in [2.45, 2.75) is 12.5 Å². The summed E-state index contributed by atoms with van der Waals surface area (Å²) >= 11 is 0. The number of amides is 1. The first-order chi connectivity index (χ1) is 12.6. The van der Waals surface area contributed by atoms with Gasteiger partial charge in [-0.15, -0.1) is 0 Å². The average molecular weight is 357 g/mol. The Balaban J connectivity index is 1.71. The van der Waals surface area contributed by atoms with Crippen LogP contribution in [0.1, 0.15) is 16.8 Å². The van der Waals surface area contributed by atoms with Crippen molar-refractivity contribution in [1.82, 2.24) is 19.9 Å².